The summed E-state index contributed by atoms with van der Waals surface area (Å²) >= 11 is 1.53. The van der Waals surface area contributed by atoms with Gasteiger partial charge in [0.1, 0.15) is 0 Å². The Morgan fingerprint density at radius 3 is 2.63 bits per heavy atom. The van der Waals surface area contributed by atoms with Crippen LogP contribution in [0.2, 0.25) is 0 Å². The van der Waals surface area contributed by atoms with E-state index in [0.717, 1.165) is 36.5 Å². The second-order valence-corrected chi connectivity index (χ2v) is 7.35. The molecular weight excluding hydrogens is 360 g/mol. The van der Waals surface area contributed by atoms with Crippen LogP contribution in [0.15, 0.2) is 53.7 Å². The first-order valence-electron chi connectivity index (χ1n) is 9.04. The number of hydrogen-bond donors (Lipinski definition) is 2. The maximum Gasteiger partial charge on any atom is 0.313 e. The number of rotatable bonds is 5. The van der Waals surface area contributed by atoms with E-state index >= 15 is 0 Å². The lowest BCUT2D eigenvalue weighted by molar-refractivity contribution is -0.136. The molecule has 0 saturated carbocycles. The highest BCUT2D eigenvalue weighted by atomic mass is 32.2. The standard InChI is InChI=1S/C20H24N4O2S/c1-27-18-7-3-2-6-17(18)23-20(26)19(25)22-13-15-8-11-24(12-9-15)16-5-4-10-21-14-16/h2-7,10,14-15H,8-9,11-13H2,1H3,(H,22,25)(H,23,26). The summed E-state index contributed by atoms with van der Waals surface area (Å²) in [7, 11) is 0. The predicted molar refractivity (Wildman–Crippen MR) is 109 cm³/mol. The zero-order valence-corrected chi connectivity index (χ0v) is 16.2. The quantitative estimate of drug-likeness (QED) is 0.613. The normalized spacial score (nSPS) is 14.6. The van der Waals surface area contributed by atoms with E-state index in [1.807, 2.05) is 36.7 Å². The zero-order valence-electron chi connectivity index (χ0n) is 15.4. The number of aromatic nitrogens is 1. The van der Waals surface area contributed by atoms with E-state index < -0.39 is 11.8 Å². The first-order chi connectivity index (χ1) is 13.2. The number of pyridine rings is 1. The Morgan fingerprint density at radius 2 is 1.93 bits per heavy atom. The molecule has 1 aliphatic heterocycles. The molecule has 0 radical (unpaired) electrons. The third kappa shape index (κ3) is 5.23. The van der Waals surface area contributed by atoms with Crippen molar-refractivity contribution >= 4 is 35.0 Å². The van der Waals surface area contributed by atoms with Crippen molar-refractivity contribution in [1.82, 2.24) is 10.3 Å². The van der Waals surface area contributed by atoms with E-state index in [1.54, 1.807) is 12.3 Å². The second kappa shape index (κ2) is 9.41. The zero-order chi connectivity index (χ0) is 19.1. The van der Waals surface area contributed by atoms with Crippen LogP contribution in [0, 0.1) is 5.92 Å². The third-order valence-electron chi connectivity index (χ3n) is 4.74. The number of carbonyl (C=O) groups excluding carboxylic acids is 2. The molecule has 6 nitrogen and oxygen atoms in total. The van der Waals surface area contributed by atoms with Gasteiger partial charge in [-0.05, 0) is 49.3 Å². The summed E-state index contributed by atoms with van der Waals surface area (Å²) in [6.45, 7) is 2.39. The molecule has 0 bridgehead atoms. The average molecular weight is 385 g/mol. The molecule has 0 atom stereocenters. The Morgan fingerprint density at radius 1 is 1.15 bits per heavy atom. The number of anilines is 2. The van der Waals surface area contributed by atoms with Crippen molar-refractivity contribution in [3.8, 4) is 0 Å². The van der Waals surface area contributed by atoms with Gasteiger partial charge in [0.2, 0.25) is 0 Å². The molecule has 3 rings (SSSR count). The van der Waals surface area contributed by atoms with Crippen LogP contribution in [0.5, 0.6) is 0 Å². The smallest absolute Gasteiger partial charge is 0.313 e. The molecule has 2 aromatic rings. The molecule has 1 fully saturated rings. The van der Waals surface area contributed by atoms with Crippen LogP contribution in [-0.2, 0) is 9.59 Å². The van der Waals surface area contributed by atoms with E-state index in [-0.39, 0.29) is 0 Å². The van der Waals surface area contributed by atoms with E-state index in [0.29, 0.717) is 18.2 Å². The van der Waals surface area contributed by atoms with Gasteiger partial charge in [-0.2, -0.15) is 0 Å². The maximum absolute atomic E-state index is 12.1. The summed E-state index contributed by atoms with van der Waals surface area (Å²) in [5.41, 5.74) is 1.79. The molecule has 0 aliphatic carbocycles. The first kappa shape index (κ1) is 19.2. The summed E-state index contributed by atoms with van der Waals surface area (Å²) < 4.78 is 0. The molecule has 1 aliphatic rings. The van der Waals surface area contributed by atoms with Gasteiger partial charge in [0, 0.05) is 30.7 Å². The molecule has 2 amide bonds. The minimum absolute atomic E-state index is 0.383. The lowest BCUT2D eigenvalue weighted by Crippen LogP contribution is -2.41. The molecule has 142 valence electrons. The summed E-state index contributed by atoms with van der Waals surface area (Å²) in [4.78, 5) is 31.7. The largest absolute Gasteiger partial charge is 0.370 e. The van der Waals surface area contributed by atoms with Gasteiger partial charge in [-0.3, -0.25) is 14.6 Å². The first-order valence-corrected chi connectivity index (χ1v) is 10.3. The number of nitrogens with one attached hydrogen (secondary N) is 2. The fraction of sp³-hybridized carbons (Fsp3) is 0.350. The number of benzene rings is 1. The van der Waals surface area contributed by atoms with Crippen molar-refractivity contribution < 1.29 is 9.59 Å². The Balaban J connectivity index is 1.43. The number of thioether (sulfide) groups is 1. The number of para-hydroxylation sites is 1. The molecule has 0 spiro atoms. The van der Waals surface area contributed by atoms with Crippen LogP contribution in [0.4, 0.5) is 11.4 Å². The molecule has 7 heteroatoms. The highest BCUT2D eigenvalue weighted by Crippen LogP contribution is 2.24. The molecule has 2 N–H and O–H groups in total. The van der Waals surface area contributed by atoms with Gasteiger partial charge in [-0.1, -0.05) is 12.1 Å². The minimum Gasteiger partial charge on any atom is -0.370 e. The Labute approximate surface area is 163 Å². The van der Waals surface area contributed by atoms with Gasteiger partial charge in [0.05, 0.1) is 17.6 Å². The molecule has 2 heterocycles. The molecule has 1 saturated heterocycles. The van der Waals surface area contributed by atoms with E-state index in [9.17, 15) is 9.59 Å². The van der Waals surface area contributed by atoms with Crippen LogP contribution in [-0.4, -0.2) is 42.7 Å². The van der Waals surface area contributed by atoms with E-state index in [1.165, 1.54) is 11.8 Å². The van der Waals surface area contributed by atoms with Crippen molar-refractivity contribution in [1.29, 1.82) is 0 Å². The fourth-order valence-corrected chi connectivity index (χ4v) is 3.73. The Hall–Kier alpha value is -2.54. The van der Waals surface area contributed by atoms with Crippen LogP contribution in [0.1, 0.15) is 12.8 Å². The summed E-state index contributed by atoms with van der Waals surface area (Å²) in [5, 5.41) is 5.47. The van der Waals surface area contributed by atoms with Crippen molar-refractivity contribution in [3.63, 3.8) is 0 Å². The average Bonchev–Trinajstić information content (AvgIpc) is 2.73. The molecule has 27 heavy (non-hydrogen) atoms. The van der Waals surface area contributed by atoms with Gasteiger partial charge in [-0.25, -0.2) is 0 Å². The van der Waals surface area contributed by atoms with Crippen LogP contribution < -0.4 is 15.5 Å². The van der Waals surface area contributed by atoms with Gasteiger partial charge >= 0.3 is 11.8 Å². The van der Waals surface area contributed by atoms with Gasteiger partial charge in [-0.15, -0.1) is 11.8 Å². The second-order valence-electron chi connectivity index (χ2n) is 6.51. The molecular formula is C20H24N4O2S. The highest BCUT2D eigenvalue weighted by molar-refractivity contribution is 7.98. The van der Waals surface area contributed by atoms with E-state index in [2.05, 4.69) is 26.6 Å². The number of hydrogen-bond acceptors (Lipinski definition) is 5. The highest BCUT2D eigenvalue weighted by Gasteiger charge is 2.22. The Kier molecular flexibility index (Phi) is 6.70. The fourth-order valence-electron chi connectivity index (χ4n) is 3.18. The van der Waals surface area contributed by atoms with Crippen molar-refractivity contribution in [2.75, 3.05) is 36.1 Å². The predicted octanol–water partition coefficient (Wildman–Crippen LogP) is 2.77. The Bertz CT molecular complexity index is 777. The lowest BCUT2D eigenvalue weighted by Gasteiger charge is -2.33. The number of amides is 2. The number of nitrogens with zero attached hydrogens (tertiary/aromatic N) is 2. The van der Waals surface area contributed by atoms with Crippen LogP contribution in [0.25, 0.3) is 0 Å². The van der Waals surface area contributed by atoms with Crippen LogP contribution in [0.3, 0.4) is 0 Å². The minimum atomic E-state index is -0.621. The number of carbonyl (C=O) groups is 2. The van der Waals surface area contributed by atoms with E-state index in [4.69, 9.17) is 0 Å². The molecule has 1 aromatic heterocycles. The van der Waals surface area contributed by atoms with Gasteiger partial charge in [0.25, 0.3) is 0 Å². The summed E-state index contributed by atoms with van der Waals surface area (Å²) in [6.07, 6.45) is 7.54. The van der Waals surface area contributed by atoms with Crippen molar-refractivity contribution in [2.24, 2.45) is 5.92 Å². The van der Waals surface area contributed by atoms with Gasteiger partial charge in [0.15, 0.2) is 0 Å². The molecule has 0 unspecified atom stereocenters. The van der Waals surface area contributed by atoms with Crippen molar-refractivity contribution in [3.05, 3.63) is 48.8 Å². The monoisotopic (exact) mass is 384 g/mol. The SMILES string of the molecule is CSc1ccccc1NC(=O)C(=O)NCC1CCN(c2cccnc2)CC1. The van der Waals surface area contributed by atoms with Gasteiger partial charge < -0.3 is 15.5 Å². The van der Waals surface area contributed by atoms with Crippen LogP contribution >= 0.6 is 11.8 Å². The lowest BCUT2D eigenvalue weighted by atomic mass is 9.96. The maximum atomic E-state index is 12.1. The number of piperidine rings is 1. The van der Waals surface area contributed by atoms with Crippen molar-refractivity contribution in [2.45, 2.75) is 17.7 Å². The summed E-state index contributed by atoms with van der Waals surface area (Å²) in [5.74, 6) is -0.821. The third-order valence-corrected chi connectivity index (χ3v) is 5.53. The molecule has 1 aromatic carbocycles. The summed E-state index contributed by atoms with van der Waals surface area (Å²) in [6, 6.07) is 11.4. The topological polar surface area (TPSA) is 74.3 Å².